The monoisotopic (exact) mass is 394 g/mol. The van der Waals surface area contributed by atoms with Gasteiger partial charge in [-0.1, -0.05) is 0 Å². The van der Waals surface area contributed by atoms with Gasteiger partial charge in [0.25, 0.3) is 0 Å². The first-order valence-electron chi connectivity index (χ1n) is 6.50. The number of hydrogen-bond acceptors (Lipinski definition) is 7. The van der Waals surface area contributed by atoms with Gasteiger partial charge in [0.15, 0.2) is 6.61 Å². The molecule has 0 saturated carbocycles. The van der Waals surface area contributed by atoms with E-state index in [-0.39, 0.29) is 11.5 Å². The van der Waals surface area contributed by atoms with Gasteiger partial charge in [-0.05, 0) is 45.8 Å². The number of carboxylic acid groups (broad SMARTS) is 1. The van der Waals surface area contributed by atoms with Gasteiger partial charge >= 0.3 is 11.7 Å². The van der Waals surface area contributed by atoms with Crippen LogP contribution in [0.3, 0.4) is 0 Å². The van der Waals surface area contributed by atoms with Crippen LogP contribution in [0.4, 0.5) is 11.5 Å². The van der Waals surface area contributed by atoms with Crippen molar-refractivity contribution < 1.29 is 19.6 Å². The predicted octanol–water partition coefficient (Wildman–Crippen LogP) is 2.66. The highest BCUT2D eigenvalue weighted by molar-refractivity contribution is 9.10. The standard InChI is InChI=1S/C14H11BrN4O5/c15-10-6-9(3-4-12(10)24-8-13(20)21)7-17-18-14-11(19(22)23)2-1-5-16-14/h1-7H,8H2,(H,16,18)(H,20,21)/b17-7-. The number of rotatable bonds is 7. The van der Waals surface area contributed by atoms with Crippen LogP contribution in [-0.2, 0) is 4.79 Å². The van der Waals surface area contributed by atoms with Crippen molar-refractivity contribution in [3.8, 4) is 5.75 Å². The molecule has 9 nitrogen and oxygen atoms in total. The quantitative estimate of drug-likeness (QED) is 0.419. The molecule has 2 rings (SSSR count). The topological polar surface area (TPSA) is 127 Å². The van der Waals surface area contributed by atoms with E-state index in [1.807, 2.05) is 0 Å². The molecule has 2 aromatic rings. The van der Waals surface area contributed by atoms with Gasteiger partial charge in [0.2, 0.25) is 5.82 Å². The van der Waals surface area contributed by atoms with Gasteiger partial charge in [-0.3, -0.25) is 15.5 Å². The summed E-state index contributed by atoms with van der Waals surface area (Å²) in [6.45, 7) is -0.447. The van der Waals surface area contributed by atoms with Gasteiger partial charge in [0.1, 0.15) is 5.75 Å². The summed E-state index contributed by atoms with van der Waals surface area (Å²) in [6, 6.07) is 7.67. The number of pyridine rings is 1. The summed E-state index contributed by atoms with van der Waals surface area (Å²) in [7, 11) is 0. The Morgan fingerprint density at radius 2 is 2.29 bits per heavy atom. The van der Waals surface area contributed by atoms with Crippen molar-refractivity contribution in [1.29, 1.82) is 0 Å². The average molecular weight is 395 g/mol. The number of aliphatic carboxylic acids is 1. The lowest BCUT2D eigenvalue weighted by atomic mass is 10.2. The zero-order valence-electron chi connectivity index (χ0n) is 12.0. The van der Waals surface area contributed by atoms with Crippen LogP contribution >= 0.6 is 15.9 Å². The van der Waals surface area contributed by atoms with E-state index in [2.05, 4.69) is 31.4 Å². The maximum absolute atomic E-state index is 10.9. The molecule has 0 amide bonds. The number of benzene rings is 1. The maximum atomic E-state index is 10.9. The minimum atomic E-state index is -1.08. The number of nitrogens with one attached hydrogen (secondary N) is 1. The van der Waals surface area contributed by atoms with E-state index in [4.69, 9.17) is 9.84 Å². The molecule has 124 valence electrons. The third-order valence-electron chi connectivity index (χ3n) is 2.67. The molecule has 1 aromatic heterocycles. The summed E-state index contributed by atoms with van der Waals surface area (Å²) in [5.74, 6) is -0.671. The molecule has 0 aliphatic rings. The minimum absolute atomic E-state index is 0.0271. The zero-order valence-corrected chi connectivity index (χ0v) is 13.6. The van der Waals surface area contributed by atoms with E-state index in [1.54, 1.807) is 18.2 Å². The number of nitrogens with zero attached hydrogens (tertiary/aromatic N) is 3. The van der Waals surface area contributed by atoms with Crippen LogP contribution in [0.25, 0.3) is 0 Å². The fourth-order valence-electron chi connectivity index (χ4n) is 1.65. The van der Waals surface area contributed by atoms with Crippen LogP contribution in [0.5, 0.6) is 5.75 Å². The smallest absolute Gasteiger partial charge is 0.341 e. The minimum Gasteiger partial charge on any atom is -0.481 e. The number of halogens is 1. The molecule has 0 aliphatic heterocycles. The van der Waals surface area contributed by atoms with Gasteiger partial charge in [-0.25, -0.2) is 9.78 Å². The van der Waals surface area contributed by atoms with Gasteiger partial charge in [-0.15, -0.1) is 0 Å². The van der Waals surface area contributed by atoms with E-state index in [0.29, 0.717) is 15.8 Å². The molecule has 0 atom stereocenters. The second kappa shape index (κ2) is 8.02. The summed E-state index contributed by atoms with van der Waals surface area (Å²) in [5, 5.41) is 23.3. The largest absolute Gasteiger partial charge is 0.481 e. The summed E-state index contributed by atoms with van der Waals surface area (Å²) in [6.07, 6.45) is 2.85. The Labute approximate surface area is 144 Å². The third kappa shape index (κ3) is 4.74. The van der Waals surface area contributed by atoms with E-state index in [9.17, 15) is 14.9 Å². The summed E-state index contributed by atoms with van der Waals surface area (Å²) < 4.78 is 5.63. The maximum Gasteiger partial charge on any atom is 0.341 e. The number of ether oxygens (including phenoxy) is 1. The molecule has 24 heavy (non-hydrogen) atoms. The Bertz CT molecular complexity index is 796. The van der Waals surface area contributed by atoms with Crippen LogP contribution < -0.4 is 10.2 Å². The van der Waals surface area contributed by atoms with Crippen molar-refractivity contribution in [2.75, 3.05) is 12.0 Å². The van der Waals surface area contributed by atoms with Crippen LogP contribution in [0.1, 0.15) is 5.56 Å². The number of anilines is 1. The fourth-order valence-corrected chi connectivity index (χ4v) is 2.16. The number of hydrogen-bond donors (Lipinski definition) is 2. The van der Waals surface area contributed by atoms with E-state index >= 15 is 0 Å². The van der Waals surface area contributed by atoms with Crippen LogP contribution in [0, 0.1) is 10.1 Å². The van der Waals surface area contributed by atoms with Crippen molar-refractivity contribution in [2.24, 2.45) is 5.10 Å². The number of nitro groups is 1. The number of carbonyl (C=O) groups is 1. The van der Waals surface area contributed by atoms with Crippen molar-refractivity contribution in [1.82, 2.24) is 4.98 Å². The highest BCUT2D eigenvalue weighted by Crippen LogP contribution is 2.25. The molecule has 0 radical (unpaired) electrons. The normalized spacial score (nSPS) is 10.5. The van der Waals surface area contributed by atoms with Crippen LogP contribution in [0.2, 0.25) is 0 Å². The second-order valence-corrected chi connectivity index (χ2v) is 5.22. The Hall–Kier alpha value is -3.01. The van der Waals surface area contributed by atoms with E-state index in [0.717, 1.165) is 0 Å². The molecular weight excluding hydrogens is 384 g/mol. The molecule has 1 aromatic carbocycles. The molecule has 0 fully saturated rings. The first kappa shape index (κ1) is 17.3. The van der Waals surface area contributed by atoms with E-state index in [1.165, 1.54) is 24.5 Å². The zero-order chi connectivity index (χ0) is 17.5. The Morgan fingerprint density at radius 1 is 1.50 bits per heavy atom. The SMILES string of the molecule is O=C(O)COc1ccc(/C=N\Nc2ncccc2[N+](=O)[O-])cc1Br. The highest BCUT2D eigenvalue weighted by Gasteiger charge is 2.12. The molecule has 0 bridgehead atoms. The Balaban J connectivity index is 2.06. The van der Waals surface area contributed by atoms with Crippen molar-refractivity contribution in [2.45, 2.75) is 0 Å². The lowest BCUT2D eigenvalue weighted by molar-refractivity contribution is -0.384. The molecule has 0 aliphatic carbocycles. The number of aromatic nitrogens is 1. The Kier molecular flexibility index (Phi) is 5.79. The first-order valence-corrected chi connectivity index (χ1v) is 7.29. The molecule has 10 heteroatoms. The molecule has 0 saturated heterocycles. The lowest BCUT2D eigenvalue weighted by Crippen LogP contribution is -2.09. The molecule has 1 heterocycles. The molecular formula is C14H11BrN4O5. The number of hydrazone groups is 1. The second-order valence-electron chi connectivity index (χ2n) is 4.37. The van der Waals surface area contributed by atoms with Crippen molar-refractivity contribution >= 4 is 39.6 Å². The van der Waals surface area contributed by atoms with Crippen molar-refractivity contribution in [3.63, 3.8) is 0 Å². The van der Waals surface area contributed by atoms with Gasteiger partial charge in [0, 0.05) is 12.3 Å². The average Bonchev–Trinajstić information content (AvgIpc) is 2.54. The van der Waals surface area contributed by atoms with Crippen molar-refractivity contribution in [3.05, 3.63) is 56.7 Å². The fraction of sp³-hybridized carbons (Fsp3) is 0.0714. The summed E-state index contributed by atoms with van der Waals surface area (Å²) >= 11 is 3.26. The van der Waals surface area contributed by atoms with Gasteiger partial charge in [0.05, 0.1) is 15.6 Å². The van der Waals surface area contributed by atoms with E-state index < -0.39 is 17.5 Å². The third-order valence-corrected chi connectivity index (χ3v) is 3.29. The molecule has 0 spiro atoms. The van der Waals surface area contributed by atoms with Crippen LogP contribution in [0.15, 0.2) is 46.1 Å². The van der Waals surface area contributed by atoms with Gasteiger partial charge in [-0.2, -0.15) is 5.10 Å². The van der Waals surface area contributed by atoms with Crippen LogP contribution in [-0.4, -0.2) is 33.8 Å². The first-order chi connectivity index (χ1) is 11.5. The number of carboxylic acids is 1. The predicted molar refractivity (Wildman–Crippen MR) is 89.4 cm³/mol. The van der Waals surface area contributed by atoms with Gasteiger partial charge < -0.3 is 9.84 Å². The lowest BCUT2D eigenvalue weighted by Gasteiger charge is -2.06. The molecule has 2 N–H and O–H groups in total. The summed E-state index contributed by atoms with van der Waals surface area (Å²) in [4.78, 5) is 24.6. The summed E-state index contributed by atoms with van der Waals surface area (Å²) in [5.41, 5.74) is 2.99. The Morgan fingerprint density at radius 3 is 2.96 bits per heavy atom. The molecule has 0 unspecified atom stereocenters. The highest BCUT2D eigenvalue weighted by atomic mass is 79.9.